The predicted octanol–water partition coefficient (Wildman–Crippen LogP) is 1.79. The minimum Gasteiger partial charge on any atom is -0.350 e. The first-order valence-corrected chi connectivity index (χ1v) is 4.26. The molecule has 1 aliphatic heterocycles. The minimum absolute atomic E-state index is 0.0596. The van der Waals surface area contributed by atoms with Crippen molar-refractivity contribution in [3.8, 4) is 0 Å². The van der Waals surface area contributed by atoms with Gasteiger partial charge >= 0.3 is 0 Å². The number of nitrogens with one attached hydrogen (secondary N) is 1. The quantitative estimate of drug-likeness (QED) is 0.582. The molecule has 1 amide bonds. The number of hydrogen-bond donors (Lipinski definition) is 1. The first kappa shape index (κ1) is 9.04. The summed E-state index contributed by atoms with van der Waals surface area (Å²) in [6, 6.07) is 0.247. The topological polar surface area (TPSA) is 29.1 Å². The molecule has 0 aliphatic carbocycles. The molecule has 0 saturated carbocycles. The van der Waals surface area contributed by atoms with Crippen LogP contribution in [-0.2, 0) is 4.79 Å². The van der Waals surface area contributed by atoms with Crippen LogP contribution in [0.2, 0.25) is 0 Å². The van der Waals surface area contributed by atoms with Crippen molar-refractivity contribution < 1.29 is 4.79 Å². The summed E-state index contributed by atoms with van der Waals surface area (Å²) in [6.45, 7) is 5.82. The summed E-state index contributed by atoms with van der Waals surface area (Å²) >= 11 is 0. The van der Waals surface area contributed by atoms with Crippen LogP contribution in [0.3, 0.4) is 0 Å². The second kappa shape index (κ2) is 3.57. The third kappa shape index (κ3) is 1.97. The van der Waals surface area contributed by atoms with E-state index in [2.05, 4.69) is 11.4 Å². The van der Waals surface area contributed by atoms with Gasteiger partial charge in [0.05, 0.1) is 0 Å². The Morgan fingerprint density at radius 3 is 2.83 bits per heavy atom. The zero-order chi connectivity index (χ0) is 9.14. The summed E-state index contributed by atoms with van der Waals surface area (Å²) in [4.78, 5) is 11.4. The van der Waals surface area contributed by atoms with Crippen molar-refractivity contribution in [1.29, 1.82) is 0 Å². The lowest BCUT2D eigenvalue weighted by Gasteiger charge is -2.15. The first-order valence-electron chi connectivity index (χ1n) is 4.26. The summed E-state index contributed by atoms with van der Waals surface area (Å²) in [5, 5.41) is 2.91. The van der Waals surface area contributed by atoms with Gasteiger partial charge in [-0.25, -0.2) is 0 Å². The second-order valence-electron chi connectivity index (χ2n) is 3.32. The third-order valence-corrected chi connectivity index (χ3v) is 2.17. The molecule has 1 aliphatic rings. The van der Waals surface area contributed by atoms with E-state index in [1.54, 1.807) is 0 Å². The van der Waals surface area contributed by atoms with E-state index >= 15 is 0 Å². The Bertz CT molecular complexity index is 251. The van der Waals surface area contributed by atoms with Crippen molar-refractivity contribution >= 4 is 5.91 Å². The van der Waals surface area contributed by atoms with Crippen LogP contribution in [0.15, 0.2) is 23.3 Å². The van der Waals surface area contributed by atoms with Crippen LogP contribution in [0.1, 0.15) is 27.2 Å². The predicted molar refractivity (Wildman–Crippen MR) is 49.7 cm³/mol. The van der Waals surface area contributed by atoms with E-state index in [4.69, 9.17) is 0 Å². The molecule has 1 unspecified atom stereocenters. The van der Waals surface area contributed by atoms with E-state index in [-0.39, 0.29) is 11.9 Å². The number of rotatable bonds is 0. The van der Waals surface area contributed by atoms with Crippen molar-refractivity contribution in [2.75, 3.05) is 0 Å². The molecule has 0 fully saturated rings. The van der Waals surface area contributed by atoms with Crippen molar-refractivity contribution in [2.45, 2.75) is 33.2 Å². The lowest BCUT2D eigenvalue weighted by atomic mass is 10.1. The zero-order valence-corrected chi connectivity index (χ0v) is 7.85. The largest absolute Gasteiger partial charge is 0.350 e. The van der Waals surface area contributed by atoms with Gasteiger partial charge in [-0.15, -0.1) is 0 Å². The standard InChI is InChI=1S/C10H15NO/c1-7-5-4-6-8(2)11-10(12)9(7)3/h4-5,8H,6H2,1-3H3,(H,11,12)/b5-4+,9-7-. The van der Waals surface area contributed by atoms with Crippen LogP contribution in [0, 0.1) is 0 Å². The van der Waals surface area contributed by atoms with Crippen molar-refractivity contribution in [1.82, 2.24) is 5.32 Å². The van der Waals surface area contributed by atoms with E-state index in [0.717, 1.165) is 17.6 Å². The van der Waals surface area contributed by atoms with Crippen LogP contribution in [0.25, 0.3) is 0 Å². The number of allylic oxidation sites excluding steroid dienone is 2. The highest BCUT2D eigenvalue weighted by Gasteiger charge is 2.11. The molecular formula is C10H15NO. The molecule has 1 rings (SSSR count). The molecule has 0 aromatic carbocycles. The summed E-state index contributed by atoms with van der Waals surface area (Å²) in [5.74, 6) is 0.0596. The first-order chi connectivity index (χ1) is 5.61. The fourth-order valence-electron chi connectivity index (χ4n) is 1.14. The van der Waals surface area contributed by atoms with Gasteiger partial charge in [-0.2, -0.15) is 0 Å². The van der Waals surface area contributed by atoms with E-state index in [1.165, 1.54) is 0 Å². The summed E-state index contributed by atoms with van der Waals surface area (Å²) < 4.78 is 0. The Balaban J connectivity index is 2.90. The molecule has 1 N–H and O–H groups in total. The molecule has 0 aromatic rings. The molecule has 0 radical (unpaired) electrons. The van der Waals surface area contributed by atoms with Crippen molar-refractivity contribution in [3.05, 3.63) is 23.3 Å². The van der Waals surface area contributed by atoms with Gasteiger partial charge in [-0.3, -0.25) is 4.79 Å². The molecule has 0 spiro atoms. The number of carbonyl (C=O) groups is 1. The van der Waals surface area contributed by atoms with Crippen molar-refractivity contribution in [3.63, 3.8) is 0 Å². The average Bonchev–Trinajstić information content (AvgIpc) is 2.01. The van der Waals surface area contributed by atoms with E-state index in [0.29, 0.717) is 0 Å². The monoisotopic (exact) mass is 165 g/mol. The van der Waals surface area contributed by atoms with E-state index < -0.39 is 0 Å². The van der Waals surface area contributed by atoms with Gasteiger partial charge in [0.25, 0.3) is 0 Å². The zero-order valence-electron chi connectivity index (χ0n) is 7.85. The highest BCUT2D eigenvalue weighted by atomic mass is 16.1. The van der Waals surface area contributed by atoms with Gasteiger partial charge in [0, 0.05) is 11.6 Å². The lowest BCUT2D eigenvalue weighted by molar-refractivity contribution is -0.118. The number of hydrogen-bond acceptors (Lipinski definition) is 1. The number of carbonyl (C=O) groups excluding carboxylic acids is 1. The van der Waals surface area contributed by atoms with E-state index in [9.17, 15) is 4.79 Å². The fourth-order valence-corrected chi connectivity index (χ4v) is 1.14. The Kier molecular flexibility index (Phi) is 2.69. The molecule has 1 heterocycles. The smallest absolute Gasteiger partial charge is 0.247 e. The average molecular weight is 165 g/mol. The normalized spacial score (nSPS) is 33.6. The summed E-state index contributed by atoms with van der Waals surface area (Å²) in [5.41, 5.74) is 1.87. The van der Waals surface area contributed by atoms with Gasteiger partial charge in [-0.05, 0) is 32.8 Å². The summed E-state index contributed by atoms with van der Waals surface area (Å²) in [6.07, 6.45) is 5.03. The third-order valence-electron chi connectivity index (χ3n) is 2.17. The van der Waals surface area contributed by atoms with E-state index in [1.807, 2.05) is 26.8 Å². The second-order valence-corrected chi connectivity index (χ2v) is 3.32. The maximum atomic E-state index is 11.4. The highest BCUT2D eigenvalue weighted by molar-refractivity contribution is 5.94. The Morgan fingerprint density at radius 2 is 2.17 bits per heavy atom. The van der Waals surface area contributed by atoms with Crippen LogP contribution >= 0.6 is 0 Å². The molecule has 0 aromatic heterocycles. The lowest BCUT2D eigenvalue weighted by Crippen LogP contribution is -2.33. The molecule has 2 nitrogen and oxygen atoms in total. The molecule has 12 heavy (non-hydrogen) atoms. The maximum Gasteiger partial charge on any atom is 0.247 e. The molecule has 2 heteroatoms. The SMILES string of the molecule is CC1=C(\C)C(=O)NC(C)C\C=C\1. The summed E-state index contributed by atoms with van der Waals surface area (Å²) in [7, 11) is 0. The molecular weight excluding hydrogens is 150 g/mol. The fraction of sp³-hybridized carbons (Fsp3) is 0.500. The van der Waals surface area contributed by atoms with Gasteiger partial charge < -0.3 is 5.32 Å². The minimum atomic E-state index is 0.0596. The van der Waals surface area contributed by atoms with Gasteiger partial charge in [0.15, 0.2) is 0 Å². The Morgan fingerprint density at radius 1 is 1.50 bits per heavy atom. The molecule has 0 bridgehead atoms. The van der Waals surface area contributed by atoms with Crippen LogP contribution < -0.4 is 5.32 Å². The molecule has 0 saturated heterocycles. The van der Waals surface area contributed by atoms with Gasteiger partial charge in [0.2, 0.25) is 5.91 Å². The Hall–Kier alpha value is -1.05. The van der Waals surface area contributed by atoms with Crippen LogP contribution in [0.5, 0.6) is 0 Å². The van der Waals surface area contributed by atoms with Gasteiger partial charge in [-0.1, -0.05) is 12.2 Å². The molecule has 66 valence electrons. The number of amides is 1. The Labute approximate surface area is 73.4 Å². The highest BCUT2D eigenvalue weighted by Crippen LogP contribution is 2.09. The maximum absolute atomic E-state index is 11.4. The molecule has 1 atom stereocenters. The van der Waals surface area contributed by atoms with Crippen LogP contribution in [0.4, 0.5) is 0 Å². The van der Waals surface area contributed by atoms with Gasteiger partial charge in [0.1, 0.15) is 0 Å². The van der Waals surface area contributed by atoms with Crippen LogP contribution in [-0.4, -0.2) is 11.9 Å². The van der Waals surface area contributed by atoms with Crippen molar-refractivity contribution in [2.24, 2.45) is 0 Å².